The molecule has 0 radical (unpaired) electrons. The highest BCUT2D eigenvalue weighted by Crippen LogP contribution is 2.51. The first-order valence-electron chi connectivity index (χ1n) is 8.56. The summed E-state index contributed by atoms with van der Waals surface area (Å²) in [5, 5.41) is 6.82. The lowest BCUT2D eigenvalue weighted by Gasteiger charge is -2.59. The van der Waals surface area contributed by atoms with E-state index in [1.807, 2.05) is 12.1 Å². The van der Waals surface area contributed by atoms with Crippen molar-refractivity contribution in [3.05, 3.63) is 24.5 Å². The lowest BCUT2D eigenvalue weighted by Crippen LogP contribution is -2.69. The zero-order valence-electron chi connectivity index (χ0n) is 15.8. The summed E-state index contributed by atoms with van der Waals surface area (Å²) in [7, 11) is 1.78. The molecule has 2 unspecified atom stereocenters. The second-order valence-electron chi connectivity index (χ2n) is 6.86. The van der Waals surface area contributed by atoms with E-state index >= 15 is 0 Å². The molecule has 0 spiro atoms. The average molecular weight is 462 g/mol. The van der Waals surface area contributed by atoms with E-state index in [0.29, 0.717) is 19.2 Å². The molecule has 2 N–H and O–H groups in total. The number of methoxy groups -OCH3 is 1. The molecule has 1 heterocycles. The van der Waals surface area contributed by atoms with Crippen molar-refractivity contribution in [3.8, 4) is 5.75 Å². The van der Waals surface area contributed by atoms with Crippen molar-refractivity contribution in [1.82, 2.24) is 15.6 Å². The fraction of sp³-hybridized carbons (Fsp3) is 0.667. The predicted molar refractivity (Wildman–Crippen MR) is 112 cm³/mol. The number of ether oxygens (including phenoxy) is 2. The number of aromatic nitrogens is 1. The second-order valence-corrected chi connectivity index (χ2v) is 6.86. The molecule has 0 amide bonds. The number of hydrogen-bond donors (Lipinski definition) is 2. The number of nitrogens with zero attached hydrogens (tertiary/aromatic N) is 2. The molecule has 0 aliphatic heterocycles. The molecular formula is C18H31IN4O2. The molecule has 25 heavy (non-hydrogen) atoms. The zero-order valence-corrected chi connectivity index (χ0v) is 18.2. The number of rotatable bonds is 7. The molecule has 0 bridgehead atoms. The van der Waals surface area contributed by atoms with Crippen LogP contribution in [-0.4, -0.2) is 49.4 Å². The van der Waals surface area contributed by atoms with Crippen LogP contribution in [0.1, 0.15) is 34.1 Å². The van der Waals surface area contributed by atoms with E-state index in [0.717, 1.165) is 24.7 Å². The van der Waals surface area contributed by atoms with Crippen LogP contribution in [0.2, 0.25) is 0 Å². The Morgan fingerprint density at radius 2 is 2.16 bits per heavy atom. The van der Waals surface area contributed by atoms with E-state index < -0.39 is 0 Å². The van der Waals surface area contributed by atoms with E-state index in [4.69, 9.17) is 9.47 Å². The molecule has 1 aromatic rings. The Morgan fingerprint density at radius 1 is 1.40 bits per heavy atom. The Labute approximate surface area is 168 Å². The van der Waals surface area contributed by atoms with Crippen LogP contribution < -0.4 is 15.4 Å². The van der Waals surface area contributed by atoms with Crippen LogP contribution in [0.25, 0.3) is 0 Å². The van der Waals surface area contributed by atoms with E-state index in [-0.39, 0.29) is 35.0 Å². The Kier molecular flexibility index (Phi) is 8.40. The number of guanidine groups is 1. The first kappa shape index (κ1) is 22.0. The van der Waals surface area contributed by atoms with Gasteiger partial charge in [-0.2, -0.15) is 0 Å². The minimum atomic E-state index is -0.0919. The largest absolute Gasteiger partial charge is 0.490 e. The summed E-state index contributed by atoms with van der Waals surface area (Å²) in [4.78, 5) is 8.62. The van der Waals surface area contributed by atoms with Crippen LogP contribution in [0.15, 0.2) is 29.5 Å². The van der Waals surface area contributed by atoms with E-state index in [1.54, 1.807) is 19.5 Å². The third-order valence-electron chi connectivity index (χ3n) is 5.20. The lowest BCUT2D eigenvalue weighted by atomic mass is 9.56. The molecule has 0 saturated heterocycles. The van der Waals surface area contributed by atoms with Gasteiger partial charge >= 0.3 is 0 Å². The number of hydrogen-bond acceptors (Lipinski definition) is 4. The number of nitrogens with one attached hydrogen (secondary N) is 2. The monoisotopic (exact) mass is 462 g/mol. The van der Waals surface area contributed by atoms with Crippen LogP contribution in [0.4, 0.5) is 0 Å². The van der Waals surface area contributed by atoms with Crippen molar-refractivity contribution in [2.75, 3.05) is 26.8 Å². The standard InChI is InChI=1S/C18H30N4O2.HI/c1-6-20-16(21-10-11-24-14-8-7-9-19-13-14)22-15-12-18(4,23-5)17(15,2)3;/h7-9,13,15H,6,10-12H2,1-5H3,(H2,20,21,22);1H. The van der Waals surface area contributed by atoms with E-state index in [1.165, 1.54) is 0 Å². The summed E-state index contributed by atoms with van der Waals surface area (Å²) in [6, 6.07) is 4.08. The van der Waals surface area contributed by atoms with Gasteiger partial charge in [-0.15, -0.1) is 24.0 Å². The van der Waals surface area contributed by atoms with Crippen molar-refractivity contribution in [3.63, 3.8) is 0 Å². The van der Waals surface area contributed by atoms with Gasteiger partial charge in [0.05, 0.1) is 18.3 Å². The summed E-state index contributed by atoms with van der Waals surface area (Å²) in [6.45, 7) is 10.6. The Morgan fingerprint density at radius 3 is 2.72 bits per heavy atom. The van der Waals surface area contributed by atoms with Gasteiger partial charge in [0.15, 0.2) is 5.96 Å². The maximum Gasteiger partial charge on any atom is 0.191 e. The average Bonchev–Trinajstić information content (AvgIpc) is 2.58. The Bertz CT molecular complexity index is 553. The number of halogens is 1. The zero-order chi connectivity index (χ0) is 17.6. The van der Waals surface area contributed by atoms with Gasteiger partial charge in [-0.3, -0.25) is 4.98 Å². The molecule has 142 valence electrons. The van der Waals surface area contributed by atoms with Gasteiger partial charge in [0.1, 0.15) is 12.4 Å². The van der Waals surface area contributed by atoms with Crippen LogP contribution in [0.5, 0.6) is 5.75 Å². The minimum absolute atomic E-state index is 0. The van der Waals surface area contributed by atoms with Gasteiger partial charge in [0.25, 0.3) is 0 Å². The van der Waals surface area contributed by atoms with E-state index in [9.17, 15) is 0 Å². The molecule has 7 heteroatoms. The maximum absolute atomic E-state index is 5.68. The molecular weight excluding hydrogens is 431 g/mol. The number of aliphatic imine (C=N–C) groups is 1. The lowest BCUT2D eigenvalue weighted by molar-refractivity contribution is -0.176. The van der Waals surface area contributed by atoms with Crippen LogP contribution >= 0.6 is 24.0 Å². The molecule has 1 aromatic heterocycles. The van der Waals surface area contributed by atoms with Crippen LogP contribution in [-0.2, 0) is 4.74 Å². The van der Waals surface area contributed by atoms with Crippen molar-refractivity contribution >= 4 is 29.9 Å². The van der Waals surface area contributed by atoms with Gasteiger partial charge in [-0.05, 0) is 32.4 Å². The van der Waals surface area contributed by atoms with Gasteiger partial charge in [-0.25, -0.2) is 4.99 Å². The first-order chi connectivity index (χ1) is 11.4. The normalized spacial score (nSPS) is 24.7. The SMILES string of the molecule is CCNC(=NCCOc1cccnc1)NC1CC(C)(OC)C1(C)C.I. The Hall–Kier alpha value is -1.09. The summed E-state index contributed by atoms with van der Waals surface area (Å²) in [5.74, 6) is 1.59. The number of pyridine rings is 1. The Balaban J connectivity index is 0.00000312. The van der Waals surface area contributed by atoms with Crippen molar-refractivity contribution in [1.29, 1.82) is 0 Å². The molecule has 1 aliphatic rings. The third kappa shape index (κ3) is 5.20. The minimum Gasteiger partial charge on any atom is -0.490 e. The second kappa shape index (κ2) is 9.56. The van der Waals surface area contributed by atoms with Crippen LogP contribution in [0, 0.1) is 5.41 Å². The topological polar surface area (TPSA) is 67.8 Å². The van der Waals surface area contributed by atoms with Gasteiger partial charge in [0, 0.05) is 31.3 Å². The van der Waals surface area contributed by atoms with Crippen molar-refractivity contribution in [2.45, 2.75) is 45.8 Å². The molecule has 1 fully saturated rings. The molecule has 1 aliphatic carbocycles. The van der Waals surface area contributed by atoms with Crippen molar-refractivity contribution in [2.24, 2.45) is 10.4 Å². The maximum atomic E-state index is 5.68. The van der Waals surface area contributed by atoms with Gasteiger partial charge in [0.2, 0.25) is 0 Å². The predicted octanol–water partition coefficient (Wildman–Crippen LogP) is 2.84. The van der Waals surface area contributed by atoms with Gasteiger partial charge < -0.3 is 20.1 Å². The summed E-state index contributed by atoms with van der Waals surface area (Å²) >= 11 is 0. The third-order valence-corrected chi connectivity index (χ3v) is 5.20. The molecule has 2 atom stereocenters. The summed E-state index contributed by atoms with van der Waals surface area (Å²) in [5.41, 5.74) is -0.0461. The van der Waals surface area contributed by atoms with Crippen molar-refractivity contribution < 1.29 is 9.47 Å². The quantitative estimate of drug-likeness (QED) is 0.282. The van der Waals surface area contributed by atoms with Crippen LogP contribution in [0.3, 0.4) is 0 Å². The highest BCUT2D eigenvalue weighted by Gasteiger charge is 2.58. The fourth-order valence-electron chi connectivity index (χ4n) is 2.96. The summed E-state index contributed by atoms with van der Waals surface area (Å²) in [6.07, 6.45) is 4.40. The molecule has 1 saturated carbocycles. The summed E-state index contributed by atoms with van der Waals surface area (Å²) < 4.78 is 11.3. The molecule has 2 rings (SSSR count). The molecule has 6 nitrogen and oxygen atoms in total. The first-order valence-corrected chi connectivity index (χ1v) is 8.56. The smallest absolute Gasteiger partial charge is 0.191 e. The highest BCUT2D eigenvalue weighted by molar-refractivity contribution is 14.0. The fourth-order valence-corrected chi connectivity index (χ4v) is 2.96. The van der Waals surface area contributed by atoms with Gasteiger partial charge in [-0.1, -0.05) is 13.8 Å². The highest BCUT2D eigenvalue weighted by atomic mass is 127. The van der Waals surface area contributed by atoms with E-state index in [2.05, 4.69) is 48.3 Å². The molecule has 0 aromatic carbocycles.